The second-order valence-electron chi connectivity index (χ2n) is 5.97. The van der Waals surface area contributed by atoms with Gasteiger partial charge in [-0.15, -0.1) is 0 Å². The lowest BCUT2D eigenvalue weighted by molar-refractivity contribution is 0.385. The van der Waals surface area contributed by atoms with Gasteiger partial charge in [-0.05, 0) is 25.7 Å². The van der Waals surface area contributed by atoms with Crippen LogP contribution in [0, 0.1) is 0 Å². The van der Waals surface area contributed by atoms with E-state index in [1.807, 2.05) is 0 Å². The summed E-state index contributed by atoms with van der Waals surface area (Å²) in [6, 6.07) is 0.699. The zero-order valence-electron chi connectivity index (χ0n) is 11.4. The van der Waals surface area contributed by atoms with Crippen molar-refractivity contribution in [3.8, 4) is 0 Å². The third kappa shape index (κ3) is 3.23. The van der Waals surface area contributed by atoms with Gasteiger partial charge in [0.1, 0.15) is 5.82 Å². The zero-order chi connectivity index (χ0) is 13.2. The number of hydrogen-bond acceptors (Lipinski definition) is 4. The molecule has 0 N–H and O–H groups in total. The van der Waals surface area contributed by atoms with Crippen molar-refractivity contribution in [2.75, 3.05) is 16.8 Å². The van der Waals surface area contributed by atoms with Gasteiger partial charge < -0.3 is 4.90 Å². The van der Waals surface area contributed by atoms with Gasteiger partial charge in [0.25, 0.3) is 0 Å². The van der Waals surface area contributed by atoms with Crippen molar-refractivity contribution in [1.82, 2.24) is 9.36 Å². The SMILES string of the molecule is CC(C)(C)c1nsc(N(CCCBr)C2CCC2)n1. The van der Waals surface area contributed by atoms with Crippen molar-refractivity contribution >= 4 is 32.6 Å². The van der Waals surface area contributed by atoms with Gasteiger partial charge >= 0.3 is 0 Å². The standard InChI is InChI=1S/C13H22BrN3S/c1-13(2,3)11-15-12(18-16-11)17(9-5-8-14)10-6-4-7-10/h10H,4-9H2,1-3H3. The minimum Gasteiger partial charge on any atom is -0.344 e. The van der Waals surface area contributed by atoms with Gasteiger partial charge in [-0.3, -0.25) is 0 Å². The number of hydrogen-bond donors (Lipinski definition) is 0. The Labute approximate surface area is 122 Å². The molecule has 1 saturated carbocycles. The van der Waals surface area contributed by atoms with Crippen molar-refractivity contribution in [2.45, 2.75) is 57.9 Å². The van der Waals surface area contributed by atoms with Crippen LogP contribution in [0.5, 0.6) is 0 Å². The van der Waals surface area contributed by atoms with Gasteiger partial charge in [-0.25, -0.2) is 4.98 Å². The summed E-state index contributed by atoms with van der Waals surface area (Å²) >= 11 is 5.08. The van der Waals surface area contributed by atoms with Crippen molar-refractivity contribution in [3.05, 3.63) is 5.82 Å². The Bertz CT molecular complexity index is 382. The van der Waals surface area contributed by atoms with Gasteiger partial charge in [0.15, 0.2) is 0 Å². The topological polar surface area (TPSA) is 29.0 Å². The van der Waals surface area contributed by atoms with Gasteiger partial charge in [-0.2, -0.15) is 4.37 Å². The molecule has 1 aliphatic rings. The van der Waals surface area contributed by atoms with Crippen molar-refractivity contribution in [2.24, 2.45) is 0 Å². The van der Waals surface area contributed by atoms with Gasteiger partial charge in [0, 0.05) is 34.9 Å². The largest absolute Gasteiger partial charge is 0.344 e. The number of halogens is 1. The molecule has 1 aromatic rings. The third-order valence-electron chi connectivity index (χ3n) is 3.38. The predicted molar refractivity (Wildman–Crippen MR) is 82.0 cm³/mol. The fourth-order valence-electron chi connectivity index (χ4n) is 2.00. The normalized spacial score (nSPS) is 16.7. The van der Waals surface area contributed by atoms with Crippen LogP contribution >= 0.6 is 27.5 Å². The van der Waals surface area contributed by atoms with Crippen molar-refractivity contribution in [3.63, 3.8) is 0 Å². The molecule has 1 aromatic heterocycles. The minimum atomic E-state index is 0.0510. The first-order valence-corrected chi connectivity index (χ1v) is 8.58. The molecule has 0 amide bonds. The molecule has 0 bridgehead atoms. The molecule has 1 heterocycles. The number of rotatable bonds is 5. The summed E-state index contributed by atoms with van der Waals surface area (Å²) < 4.78 is 4.53. The molecule has 2 rings (SSSR count). The molecule has 0 unspecified atom stereocenters. The average Bonchev–Trinajstić information content (AvgIpc) is 2.69. The molecule has 3 nitrogen and oxygen atoms in total. The summed E-state index contributed by atoms with van der Waals surface area (Å²) in [6.45, 7) is 7.61. The number of alkyl halides is 1. The lowest BCUT2D eigenvalue weighted by Gasteiger charge is -2.37. The van der Waals surface area contributed by atoms with E-state index in [9.17, 15) is 0 Å². The quantitative estimate of drug-likeness (QED) is 0.764. The fraction of sp³-hybridized carbons (Fsp3) is 0.846. The summed E-state index contributed by atoms with van der Waals surface area (Å²) in [5, 5.41) is 2.17. The Balaban J connectivity index is 2.11. The number of nitrogens with zero attached hydrogens (tertiary/aromatic N) is 3. The van der Waals surface area contributed by atoms with Crippen LogP contribution in [0.25, 0.3) is 0 Å². The van der Waals surface area contributed by atoms with E-state index in [1.165, 1.54) is 25.7 Å². The maximum Gasteiger partial charge on any atom is 0.205 e. The molecule has 0 atom stereocenters. The van der Waals surface area contributed by atoms with Crippen molar-refractivity contribution < 1.29 is 0 Å². The highest BCUT2D eigenvalue weighted by atomic mass is 79.9. The van der Waals surface area contributed by atoms with Crippen LogP contribution in [0.2, 0.25) is 0 Å². The summed E-state index contributed by atoms with van der Waals surface area (Å²) in [5.41, 5.74) is 0.0510. The van der Waals surface area contributed by atoms with Gasteiger partial charge in [0.05, 0.1) is 0 Å². The molecular weight excluding hydrogens is 310 g/mol. The van der Waals surface area contributed by atoms with Crippen LogP contribution in [0.3, 0.4) is 0 Å². The highest BCUT2D eigenvalue weighted by molar-refractivity contribution is 9.09. The molecular formula is C13H22BrN3S. The summed E-state index contributed by atoms with van der Waals surface area (Å²) in [6.07, 6.45) is 5.15. The molecule has 1 fully saturated rings. The maximum atomic E-state index is 4.76. The van der Waals surface area contributed by atoms with E-state index in [0.717, 1.165) is 22.8 Å². The lowest BCUT2D eigenvalue weighted by atomic mass is 9.91. The Morgan fingerprint density at radius 1 is 1.39 bits per heavy atom. The first-order valence-electron chi connectivity index (χ1n) is 6.69. The highest BCUT2D eigenvalue weighted by Gasteiger charge is 2.28. The smallest absolute Gasteiger partial charge is 0.205 e. The second-order valence-corrected chi connectivity index (χ2v) is 7.49. The van der Waals surface area contributed by atoms with Crippen molar-refractivity contribution in [1.29, 1.82) is 0 Å². The molecule has 102 valence electrons. The average molecular weight is 332 g/mol. The molecule has 0 radical (unpaired) electrons. The van der Waals surface area contributed by atoms with Gasteiger partial charge in [0.2, 0.25) is 5.13 Å². The molecule has 0 aromatic carbocycles. The van der Waals surface area contributed by atoms with Gasteiger partial charge in [-0.1, -0.05) is 36.7 Å². The minimum absolute atomic E-state index is 0.0510. The Morgan fingerprint density at radius 3 is 2.56 bits per heavy atom. The Morgan fingerprint density at radius 2 is 2.11 bits per heavy atom. The van der Waals surface area contributed by atoms with E-state index >= 15 is 0 Å². The first kappa shape index (κ1) is 14.3. The van der Waals surface area contributed by atoms with E-state index in [0.29, 0.717) is 6.04 Å². The van der Waals surface area contributed by atoms with Crippen LogP contribution in [0.4, 0.5) is 5.13 Å². The molecule has 0 spiro atoms. The summed E-state index contributed by atoms with van der Waals surface area (Å²) in [4.78, 5) is 7.23. The van der Waals surface area contributed by atoms with E-state index in [4.69, 9.17) is 4.98 Å². The molecule has 1 aliphatic carbocycles. The summed E-state index contributed by atoms with van der Waals surface area (Å²) in [7, 11) is 0. The van der Waals surface area contributed by atoms with E-state index in [1.54, 1.807) is 11.5 Å². The monoisotopic (exact) mass is 331 g/mol. The third-order valence-corrected chi connectivity index (χ3v) is 4.69. The number of anilines is 1. The number of aromatic nitrogens is 2. The van der Waals surface area contributed by atoms with E-state index in [2.05, 4.69) is 46.0 Å². The summed E-state index contributed by atoms with van der Waals surface area (Å²) in [5.74, 6) is 0.977. The highest BCUT2D eigenvalue weighted by Crippen LogP contribution is 2.32. The van der Waals surface area contributed by atoms with Crippen LogP contribution in [-0.2, 0) is 5.41 Å². The second kappa shape index (κ2) is 5.87. The van der Waals surface area contributed by atoms with Crippen LogP contribution in [-0.4, -0.2) is 27.3 Å². The van der Waals surface area contributed by atoms with E-state index in [-0.39, 0.29) is 5.41 Å². The van der Waals surface area contributed by atoms with Crippen LogP contribution in [0.1, 0.15) is 52.3 Å². The Kier molecular flexibility index (Phi) is 4.64. The Hall–Kier alpha value is -0.160. The van der Waals surface area contributed by atoms with Crippen LogP contribution in [0.15, 0.2) is 0 Å². The molecule has 5 heteroatoms. The van der Waals surface area contributed by atoms with Crippen LogP contribution < -0.4 is 4.90 Å². The molecule has 0 aliphatic heterocycles. The molecule has 18 heavy (non-hydrogen) atoms. The predicted octanol–water partition coefficient (Wildman–Crippen LogP) is 3.98. The molecule has 0 saturated heterocycles. The zero-order valence-corrected chi connectivity index (χ0v) is 13.9. The maximum absolute atomic E-state index is 4.76. The fourth-order valence-corrected chi connectivity index (χ4v) is 3.21. The lowest BCUT2D eigenvalue weighted by Crippen LogP contribution is -2.41. The van der Waals surface area contributed by atoms with E-state index < -0.39 is 0 Å². The first-order chi connectivity index (χ1) is 8.52.